The molecule has 2 amide bonds. The highest BCUT2D eigenvalue weighted by molar-refractivity contribution is 6.06. The van der Waals surface area contributed by atoms with Gasteiger partial charge in [0.1, 0.15) is 5.75 Å². The monoisotopic (exact) mass is 353 g/mol. The largest absolute Gasteiger partial charge is 0.492 e. The van der Waals surface area contributed by atoms with E-state index in [-0.39, 0.29) is 24.7 Å². The minimum Gasteiger partial charge on any atom is -0.492 e. The van der Waals surface area contributed by atoms with Gasteiger partial charge in [0.25, 0.3) is 0 Å². The van der Waals surface area contributed by atoms with Gasteiger partial charge in [-0.25, -0.2) is 5.43 Å². The van der Waals surface area contributed by atoms with Gasteiger partial charge >= 0.3 is 0 Å². The fourth-order valence-corrected chi connectivity index (χ4v) is 2.30. The quantitative estimate of drug-likeness (QED) is 0.565. The van der Waals surface area contributed by atoms with Crippen LogP contribution in [0.4, 0.5) is 5.69 Å². The zero-order valence-corrected chi connectivity index (χ0v) is 15.0. The third kappa shape index (κ3) is 6.39. The molecule has 0 saturated carbocycles. The van der Waals surface area contributed by atoms with Crippen LogP contribution >= 0.6 is 0 Å². The molecule has 0 heterocycles. The minimum atomic E-state index is -0.226. The molecule has 6 heteroatoms. The van der Waals surface area contributed by atoms with Crippen LogP contribution in [0.3, 0.4) is 0 Å². The van der Waals surface area contributed by atoms with E-state index in [4.69, 9.17) is 4.74 Å². The molecule has 0 aromatic heterocycles. The van der Waals surface area contributed by atoms with Gasteiger partial charge in [-0.1, -0.05) is 42.5 Å². The van der Waals surface area contributed by atoms with E-state index in [2.05, 4.69) is 15.8 Å². The zero-order valence-electron chi connectivity index (χ0n) is 15.0. The molecule has 0 spiro atoms. The summed E-state index contributed by atoms with van der Waals surface area (Å²) in [6.45, 7) is 4.09. The Bertz CT molecular complexity index is 773. The van der Waals surface area contributed by atoms with Crippen molar-refractivity contribution in [2.75, 3.05) is 11.9 Å². The molecule has 0 aliphatic rings. The van der Waals surface area contributed by atoms with Crippen LogP contribution in [0.2, 0.25) is 0 Å². The Morgan fingerprint density at radius 2 is 1.69 bits per heavy atom. The molecule has 0 aliphatic carbocycles. The molecule has 0 saturated heterocycles. The molecule has 2 N–H and O–H groups in total. The Balaban J connectivity index is 1.84. The number of benzene rings is 2. The first kappa shape index (κ1) is 19.2. The van der Waals surface area contributed by atoms with Crippen molar-refractivity contribution >= 4 is 23.2 Å². The maximum atomic E-state index is 12.2. The Morgan fingerprint density at radius 3 is 2.42 bits per heavy atom. The summed E-state index contributed by atoms with van der Waals surface area (Å²) in [4.78, 5) is 24.0. The normalized spacial score (nSPS) is 10.9. The zero-order chi connectivity index (χ0) is 18.8. The van der Waals surface area contributed by atoms with Crippen molar-refractivity contribution in [3.8, 4) is 5.75 Å². The predicted octanol–water partition coefficient (Wildman–Crippen LogP) is 3.15. The number of para-hydroxylation sites is 2. The van der Waals surface area contributed by atoms with E-state index in [1.807, 2.05) is 49.4 Å². The van der Waals surface area contributed by atoms with Gasteiger partial charge in [-0.05, 0) is 31.5 Å². The molecule has 0 unspecified atom stereocenters. The maximum Gasteiger partial charge on any atom is 0.244 e. The van der Waals surface area contributed by atoms with Crippen LogP contribution in [-0.2, 0) is 16.0 Å². The average Bonchev–Trinajstić information content (AvgIpc) is 2.63. The topological polar surface area (TPSA) is 79.8 Å². The SMILES string of the molecule is CCOc1ccccc1NC(=O)C/C(C)=N\NC(=O)Cc1ccccc1. The van der Waals surface area contributed by atoms with E-state index in [1.165, 1.54) is 0 Å². The lowest BCUT2D eigenvalue weighted by Gasteiger charge is -2.11. The second-order valence-corrected chi connectivity index (χ2v) is 5.70. The molecule has 2 aromatic carbocycles. The predicted molar refractivity (Wildman–Crippen MR) is 102 cm³/mol. The summed E-state index contributed by atoms with van der Waals surface area (Å²) < 4.78 is 5.48. The number of rotatable bonds is 8. The van der Waals surface area contributed by atoms with E-state index in [0.29, 0.717) is 23.8 Å². The molecule has 2 aromatic rings. The van der Waals surface area contributed by atoms with Crippen LogP contribution in [-0.4, -0.2) is 24.1 Å². The number of carbonyl (C=O) groups is 2. The van der Waals surface area contributed by atoms with Crippen LogP contribution < -0.4 is 15.5 Å². The van der Waals surface area contributed by atoms with Crippen LogP contribution in [0.1, 0.15) is 25.8 Å². The highest BCUT2D eigenvalue weighted by Crippen LogP contribution is 2.23. The van der Waals surface area contributed by atoms with Crippen molar-refractivity contribution in [2.24, 2.45) is 5.10 Å². The first-order chi connectivity index (χ1) is 12.6. The lowest BCUT2D eigenvalue weighted by atomic mass is 10.1. The van der Waals surface area contributed by atoms with Gasteiger partial charge < -0.3 is 10.1 Å². The molecular formula is C20H23N3O3. The van der Waals surface area contributed by atoms with Gasteiger partial charge in [-0.2, -0.15) is 5.10 Å². The molecule has 26 heavy (non-hydrogen) atoms. The van der Waals surface area contributed by atoms with E-state index >= 15 is 0 Å². The molecule has 0 radical (unpaired) electrons. The van der Waals surface area contributed by atoms with E-state index in [9.17, 15) is 9.59 Å². The number of hydrogen-bond acceptors (Lipinski definition) is 4. The highest BCUT2D eigenvalue weighted by atomic mass is 16.5. The summed E-state index contributed by atoms with van der Waals surface area (Å²) in [5, 5.41) is 6.78. The standard InChI is InChI=1S/C20H23N3O3/c1-3-26-18-12-8-7-11-17(18)21-19(24)13-15(2)22-23-20(25)14-16-9-5-4-6-10-16/h4-12H,3,13-14H2,1-2H3,(H,21,24)(H,23,25)/b22-15-. The molecule has 0 atom stereocenters. The van der Waals surface area contributed by atoms with E-state index in [0.717, 1.165) is 5.56 Å². The molecule has 0 fully saturated rings. The first-order valence-corrected chi connectivity index (χ1v) is 8.46. The smallest absolute Gasteiger partial charge is 0.244 e. The Hall–Kier alpha value is -3.15. The summed E-state index contributed by atoms with van der Waals surface area (Å²) >= 11 is 0. The number of anilines is 1. The van der Waals surface area contributed by atoms with Gasteiger partial charge in [-0.3, -0.25) is 9.59 Å². The maximum absolute atomic E-state index is 12.2. The average molecular weight is 353 g/mol. The highest BCUT2D eigenvalue weighted by Gasteiger charge is 2.09. The number of hydrogen-bond donors (Lipinski definition) is 2. The van der Waals surface area contributed by atoms with Crippen LogP contribution in [0, 0.1) is 0 Å². The van der Waals surface area contributed by atoms with Crippen molar-refractivity contribution in [1.29, 1.82) is 0 Å². The third-order valence-electron chi connectivity index (χ3n) is 3.46. The second-order valence-electron chi connectivity index (χ2n) is 5.70. The Kier molecular flexibility index (Phi) is 7.36. The minimum absolute atomic E-state index is 0.0755. The van der Waals surface area contributed by atoms with Crippen molar-refractivity contribution in [1.82, 2.24) is 5.43 Å². The van der Waals surface area contributed by atoms with Crippen molar-refractivity contribution in [3.05, 3.63) is 60.2 Å². The van der Waals surface area contributed by atoms with Gasteiger partial charge in [0, 0.05) is 5.71 Å². The number of carbonyl (C=O) groups excluding carboxylic acids is 2. The van der Waals surface area contributed by atoms with Gasteiger partial charge in [0.05, 0.1) is 25.1 Å². The van der Waals surface area contributed by atoms with Gasteiger partial charge in [-0.15, -0.1) is 0 Å². The number of nitrogens with one attached hydrogen (secondary N) is 2. The molecule has 2 rings (SSSR count). The van der Waals surface area contributed by atoms with Crippen LogP contribution in [0.15, 0.2) is 59.7 Å². The Morgan fingerprint density at radius 1 is 1.00 bits per heavy atom. The lowest BCUT2D eigenvalue weighted by molar-refractivity contribution is -0.120. The first-order valence-electron chi connectivity index (χ1n) is 8.46. The summed E-state index contributed by atoms with van der Waals surface area (Å²) in [6.07, 6.45) is 0.317. The molecule has 0 aliphatic heterocycles. The molecule has 0 bridgehead atoms. The number of nitrogens with zero attached hydrogens (tertiary/aromatic N) is 1. The molecule has 136 valence electrons. The second kappa shape index (κ2) is 9.98. The van der Waals surface area contributed by atoms with E-state index < -0.39 is 0 Å². The van der Waals surface area contributed by atoms with Crippen LogP contribution in [0.5, 0.6) is 5.75 Å². The third-order valence-corrected chi connectivity index (χ3v) is 3.46. The van der Waals surface area contributed by atoms with Gasteiger partial charge in [0.15, 0.2) is 0 Å². The lowest BCUT2D eigenvalue weighted by Crippen LogP contribution is -2.23. The van der Waals surface area contributed by atoms with Gasteiger partial charge in [0.2, 0.25) is 11.8 Å². The number of hydrazone groups is 1. The summed E-state index contributed by atoms with van der Waals surface area (Å²) in [5.74, 6) is 0.169. The van der Waals surface area contributed by atoms with Crippen molar-refractivity contribution < 1.29 is 14.3 Å². The summed E-state index contributed by atoms with van der Waals surface area (Å²) in [6, 6.07) is 16.6. The van der Waals surface area contributed by atoms with E-state index in [1.54, 1.807) is 19.1 Å². The Labute approximate surface area is 153 Å². The number of ether oxygens (including phenoxy) is 1. The van der Waals surface area contributed by atoms with Crippen molar-refractivity contribution in [2.45, 2.75) is 26.7 Å². The molecular weight excluding hydrogens is 330 g/mol. The number of amides is 2. The molecule has 6 nitrogen and oxygen atoms in total. The fourth-order valence-electron chi connectivity index (χ4n) is 2.30. The fraction of sp³-hybridized carbons (Fsp3) is 0.250. The van der Waals surface area contributed by atoms with Crippen molar-refractivity contribution in [3.63, 3.8) is 0 Å². The summed E-state index contributed by atoms with van der Waals surface area (Å²) in [7, 11) is 0. The summed E-state index contributed by atoms with van der Waals surface area (Å²) in [5.41, 5.74) is 4.51. The van der Waals surface area contributed by atoms with Crippen LogP contribution in [0.25, 0.3) is 0 Å².